The second-order valence-electron chi connectivity index (χ2n) is 6.52. The zero-order valence-corrected chi connectivity index (χ0v) is 11.8. The first kappa shape index (κ1) is 13.1. The maximum atomic E-state index is 13.7. The number of nitrogens with one attached hydrogen (secondary N) is 1. The SMILES string of the molecule is CCCC1(CNC2CC(c3ccccc3F)C2)CC1. The Morgan fingerprint density at radius 1 is 1.26 bits per heavy atom. The Labute approximate surface area is 115 Å². The molecule has 1 N–H and O–H groups in total. The molecule has 2 saturated carbocycles. The van der Waals surface area contributed by atoms with Gasteiger partial charge in [0.15, 0.2) is 0 Å². The van der Waals surface area contributed by atoms with Gasteiger partial charge in [-0.2, -0.15) is 0 Å². The van der Waals surface area contributed by atoms with E-state index >= 15 is 0 Å². The molecule has 0 amide bonds. The highest BCUT2D eigenvalue weighted by atomic mass is 19.1. The molecule has 0 aliphatic heterocycles. The molecule has 1 aromatic rings. The van der Waals surface area contributed by atoms with Gasteiger partial charge >= 0.3 is 0 Å². The van der Waals surface area contributed by atoms with Crippen molar-refractivity contribution >= 4 is 0 Å². The van der Waals surface area contributed by atoms with Crippen LogP contribution >= 0.6 is 0 Å². The average Bonchev–Trinajstić information content (AvgIpc) is 3.10. The van der Waals surface area contributed by atoms with Gasteiger partial charge in [-0.25, -0.2) is 4.39 Å². The molecule has 0 heterocycles. The van der Waals surface area contributed by atoms with Gasteiger partial charge in [0.25, 0.3) is 0 Å². The monoisotopic (exact) mass is 261 g/mol. The van der Waals surface area contributed by atoms with Crippen LogP contribution in [-0.2, 0) is 0 Å². The summed E-state index contributed by atoms with van der Waals surface area (Å²) in [7, 11) is 0. The summed E-state index contributed by atoms with van der Waals surface area (Å²) in [6.45, 7) is 3.45. The van der Waals surface area contributed by atoms with E-state index in [-0.39, 0.29) is 5.82 Å². The fourth-order valence-corrected chi connectivity index (χ4v) is 3.43. The van der Waals surface area contributed by atoms with Gasteiger partial charge in [-0.05, 0) is 55.1 Å². The summed E-state index contributed by atoms with van der Waals surface area (Å²) in [5, 5.41) is 3.70. The molecular weight excluding hydrogens is 237 g/mol. The van der Waals surface area contributed by atoms with E-state index in [9.17, 15) is 4.39 Å². The predicted molar refractivity (Wildman–Crippen MR) is 76.7 cm³/mol. The van der Waals surface area contributed by atoms with Gasteiger partial charge in [0.05, 0.1) is 0 Å². The van der Waals surface area contributed by atoms with Gasteiger partial charge in [-0.1, -0.05) is 31.5 Å². The molecule has 0 aromatic heterocycles. The van der Waals surface area contributed by atoms with E-state index in [4.69, 9.17) is 0 Å². The quantitative estimate of drug-likeness (QED) is 0.807. The number of hydrogen-bond donors (Lipinski definition) is 1. The van der Waals surface area contributed by atoms with Crippen molar-refractivity contribution in [2.45, 2.75) is 57.4 Å². The highest BCUT2D eigenvalue weighted by Crippen LogP contribution is 2.49. The Morgan fingerprint density at radius 2 is 2.00 bits per heavy atom. The maximum absolute atomic E-state index is 13.7. The summed E-state index contributed by atoms with van der Waals surface area (Å²) < 4.78 is 13.7. The predicted octanol–water partition coefficient (Wildman–Crippen LogP) is 4.24. The first-order chi connectivity index (χ1) is 9.22. The molecule has 19 heavy (non-hydrogen) atoms. The third-order valence-electron chi connectivity index (χ3n) is 4.99. The Hall–Kier alpha value is -0.890. The minimum atomic E-state index is -0.0319. The fourth-order valence-electron chi connectivity index (χ4n) is 3.43. The van der Waals surface area contributed by atoms with E-state index < -0.39 is 0 Å². The van der Waals surface area contributed by atoms with Gasteiger partial charge in [-0.15, -0.1) is 0 Å². The number of rotatable bonds is 6. The van der Waals surface area contributed by atoms with E-state index in [2.05, 4.69) is 12.2 Å². The first-order valence-electron chi connectivity index (χ1n) is 7.70. The largest absolute Gasteiger partial charge is 0.313 e. The molecule has 2 aliphatic carbocycles. The summed E-state index contributed by atoms with van der Waals surface area (Å²) >= 11 is 0. The van der Waals surface area contributed by atoms with Crippen molar-refractivity contribution in [3.63, 3.8) is 0 Å². The molecular formula is C17H24FN. The molecule has 1 nitrogen and oxygen atoms in total. The van der Waals surface area contributed by atoms with E-state index in [1.54, 1.807) is 12.1 Å². The van der Waals surface area contributed by atoms with Crippen molar-refractivity contribution in [1.82, 2.24) is 5.32 Å². The van der Waals surface area contributed by atoms with Crippen molar-refractivity contribution in [1.29, 1.82) is 0 Å². The van der Waals surface area contributed by atoms with E-state index in [0.29, 0.717) is 17.4 Å². The molecule has 0 saturated heterocycles. The highest BCUT2D eigenvalue weighted by molar-refractivity contribution is 5.24. The van der Waals surface area contributed by atoms with Crippen molar-refractivity contribution in [2.75, 3.05) is 6.54 Å². The van der Waals surface area contributed by atoms with Crippen LogP contribution in [0.4, 0.5) is 4.39 Å². The third kappa shape index (κ3) is 2.84. The zero-order chi connectivity index (χ0) is 13.3. The molecule has 3 rings (SSSR count). The molecule has 0 radical (unpaired) electrons. The molecule has 2 fully saturated rings. The highest BCUT2D eigenvalue weighted by Gasteiger charge is 2.42. The van der Waals surface area contributed by atoms with Crippen molar-refractivity contribution in [3.05, 3.63) is 35.6 Å². The van der Waals surface area contributed by atoms with Crippen LogP contribution in [0, 0.1) is 11.2 Å². The van der Waals surface area contributed by atoms with Crippen LogP contribution in [0.25, 0.3) is 0 Å². The summed E-state index contributed by atoms with van der Waals surface area (Å²) in [4.78, 5) is 0. The van der Waals surface area contributed by atoms with Crippen LogP contribution in [0.2, 0.25) is 0 Å². The first-order valence-corrected chi connectivity index (χ1v) is 7.70. The Bertz CT molecular complexity index is 433. The third-order valence-corrected chi connectivity index (χ3v) is 4.99. The summed E-state index contributed by atoms with van der Waals surface area (Å²) in [6.07, 6.45) is 7.66. The molecule has 0 spiro atoms. The average molecular weight is 261 g/mol. The van der Waals surface area contributed by atoms with Gasteiger partial charge in [0.2, 0.25) is 0 Å². The summed E-state index contributed by atoms with van der Waals surface area (Å²) in [5.74, 6) is 0.399. The van der Waals surface area contributed by atoms with Crippen molar-refractivity contribution < 1.29 is 4.39 Å². The molecule has 104 valence electrons. The Balaban J connectivity index is 1.45. The van der Waals surface area contributed by atoms with Crippen molar-refractivity contribution in [2.24, 2.45) is 5.41 Å². The minimum Gasteiger partial charge on any atom is -0.313 e. The number of hydrogen-bond acceptors (Lipinski definition) is 1. The van der Waals surface area contributed by atoms with E-state index in [0.717, 1.165) is 18.4 Å². The zero-order valence-electron chi connectivity index (χ0n) is 11.8. The minimum absolute atomic E-state index is 0.0319. The number of benzene rings is 1. The Kier molecular flexibility index (Phi) is 3.62. The lowest BCUT2D eigenvalue weighted by Gasteiger charge is -2.37. The van der Waals surface area contributed by atoms with E-state index in [1.807, 2.05) is 12.1 Å². The lowest BCUT2D eigenvalue weighted by atomic mass is 9.75. The van der Waals surface area contributed by atoms with Crippen LogP contribution < -0.4 is 5.32 Å². The molecule has 2 aliphatic rings. The topological polar surface area (TPSA) is 12.0 Å². The molecule has 1 aromatic carbocycles. The summed E-state index contributed by atoms with van der Waals surface area (Å²) in [6, 6.07) is 7.85. The van der Waals surface area contributed by atoms with Crippen LogP contribution in [0.5, 0.6) is 0 Å². The second-order valence-corrected chi connectivity index (χ2v) is 6.52. The fraction of sp³-hybridized carbons (Fsp3) is 0.647. The van der Waals surface area contributed by atoms with Crippen LogP contribution in [-0.4, -0.2) is 12.6 Å². The molecule has 0 unspecified atom stereocenters. The van der Waals surface area contributed by atoms with Crippen LogP contribution in [0.3, 0.4) is 0 Å². The maximum Gasteiger partial charge on any atom is 0.126 e. The Morgan fingerprint density at radius 3 is 2.63 bits per heavy atom. The number of halogens is 1. The second kappa shape index (κ2) is 5.24. The van der Waals surface area contributed by atoms with Crippen LogP contribution in [0.15, 0.2) is 24.3 Å². The normalized spacial score (nSPS) is 27.9. The van der Waals surface area contributed by atoms with Crippen LogP contribution in [0.1, 0.15) is 56.9 Å². The lowest BCUT2D eigenvalue weighted by Crippen LogP contribution is -2.42. The smallest absolute Gasteiger partial charge is 0.126 e. The van der Waals surface area contributed by atoms with Crippen molar-refractivity contribution in [3.8, 4) is 0 Å². The van der Waals surface area contributed by atoms with Gasteiger partial charge in [0, 0.05) is 12.6 Å². The molecule has 2 heteroatoms. The van der Waals surface area contributed by atoms with Gasteiger partial charge < -0.3 is 5.32 Å². The van der Waals surface area contributed by atoms with Gasteiger partial charge in [0.1, 0.15) is 5.82 Å². The molecule has 0 bridgehead atoms. The summed E-state index contributed by atoms with van der Waals surface area (Å²) in [5.41, 5.74) is 1.54. The lowest BCUT2D eigenvalue weighted by molar-refractivity contribution is 0.262. The van der Waals surface area contributed by atoms with E-state index in [1.165, 1.54) is 32.2 Å². The van der Waals surface area contributed by atoms with Gasteiger partial charge in [-0.3, -0.25) is 0 Å². The molecule has 0 atom stereocenters. The standard InChI is InChI=1S/C17H24FN/c1-2-7-17(8-9-17)12-19-14-10-13(11-14)15-5-3-4-6-16(15)18/h3-6,13-14,19H,2,7-12H2,1H3.